The number of aliphatic hydroxyl groups is 1. The van der Waals surface area contributed by atoms with Gasteiger partial charge in [-0.25, -0.2) is 0 Å². The molecule has 0 saturated carbocycles. The third kappa shape index (κ3) is 1.68. The van der Waals surface area contributed by atoms with Crippen LogP contribution in [-0.2, 0) is 5.60 Å². The fraction of sp³-hybridized carbons (Fsp3) is 0.500. The highest BCUT2D eigenvalue weighted by Crippen LogP contribution is 2.28. The molecule has 2 atom stereocenters. The maximum Gasteiger partial charge on any atom is 0.102 e. The van der Waals surface area contributed by atoms with Crippen LogP contribution in [0.4, 0.5) is 0 Å². The molecule has 1 aromatic rings. The standard InChI is InChI=1S/C12H17NO/c1-12(14,11-8-5-9-13-11)10-6-3-2-4-7-10/h2-4,6-7,11,13-14H,5,8-9H2,1H3/t11?,12-/m1/s1. The Bertz CT molecular complexity index is 288. The Morgan fingerprint density at radius 3 is 2.64 bits per heavy atom. The number of hydrogen-bond acceptors (Lipinski definition) is 2. The lowest BCUT2D eigenvalue weighted by Crippen LogP contribution is -2.42. The van der Waals surface area contributed by atoms with Gasteiger partial charge in [0, 0.05) is 6.04 Å². The third-order valence-electron chi connectivity index (χ3n) is 3.10. The van der Waals surface area contributed by atoms with Crippen molar-refractivity contribution in [3.8, 4) is 0 Å². The van der Waals surface area contributed by atoms with Gasteiger partial charge in [0.1, 0.15) is 5.60 Å². The van der Waals surface area contributed by atoms with Gasteiger partial charge in [-0.05, 0) is 31.9 Å². The minimum Gasteiger partial charge on any atom is -0.384 e. The lowest BCUT2D eigenvalue weighted by atomic mass is 9.87. The SMILES string of the molecule is C[C@@](O)(c1ccccc1)C1CCCN1. The minimum absolute atomic E-state index is 0.199. The molecule has 2 nitrogen and oxygen atoms in total. The first kappa shape index (κ1) is 9.69. The van der Waals surface area contributed by atoms with Gasteiger partial charge in [-0.15, -0.1) is 0 Å². The van der Waals surface area contributed by atoms with E-state index in [9.17, 15) is 5.11 Å². The Morgan fingerprint density at radius 2 is 2.07 bits per heavy atom. The van der Waals surface area contributed by atoms with E-state index in [-0.39, 0.29) is 6.04 Å². The van der Waals surface area contributed by atoms with Gasteiger partial charge in [0.2, 0.25) is 0 Å². The van der Waals surface area contributed by atoms with Crippen molar-refractivity contribution >= 4 is 0 Å². The van der Waals surface area contributed by atoms with Gasteiger partial charge in [-0.3, -0.25) is 0 Å². The molecule has 0 amide bonds. The van der Waals surface area contributed by atoms with E-state index in [0.717, 1.165) is 24.9 Å². The van der Waals surface area contributed by atoms with E-state index in [1.807, 2.05) is 37.3 Å². The quantitative estimate of drug-likeness (QED) is 0.745. The number of hydrogen-bond donors (Lipinski definition) is 2. The molecular weight excluding hydrogens is 174 g/mol. The van der Waals surface area contributed by atoms with E-state index in [4.69, 9.17) is 0 Å². The second-order valence-electron chi connectivity index (χ2n) is 4.16. The first-order chi connectivity index (χ1) is 6.71. The van der Waals surface area contributed by atoms with E-state index in [1.54, 1.807) is 0 Å². The molecule has 0 aromatic heterocycles. The highest BCUT2D eigenvalue weighted by molar-refractivity contribution is 5.23. The Hall–Kier alpha value is -0.860. The van der Waals surface area contributed by atoms with Gasteiger partial charge in [-0.1, -0.05) is 30.3 Å². The molecule has 1 aromatic carbocycles. The largest absolute Gasteiger partial charge is 0.384 e. The van der Waals surface area contributed by atoms with E-state index < -0.39 is 5.60 Å². The lowest BCUT2D eigenvalue weighted by molar-refractivity contribution is 0.0218. The summed E-state index contributed by atoms with van der Waals surface area (Å²) in [7, 11) is 0. The average Bonchev–Trinajstić information content (AvgIpc) is 2.72. The first-order valence-electron chi connectivity index (χ1n) is 5.22. The zero-order valence-corrected chi connectivity index (χ0v) is 8.53. The molecule has 1 saturated heterocycles. The molecule has 0 aliphatic carbocycles. The second kappa shape index (κ2) is 3.71. The van der Waals surface area contributed by atoms with Gasteiger partial charge < -0.3 is 10.4 Å². The van der Waals surface area contributed by atoms with Crippen LogP contribution >= 0.6 is 0 Å². The van der Waals surface area contributed by atoms with Crippen molar-refractivity contribution in [3.63, 3.8) is 0 Å². The predicted molar refractivity (Wildman–Crippen MR) is 57.0 cm³/mol. The van der Waals surface area contributed by atoms with Crippen LogP contribution in [0.5, 0.6) is 0 Å². The van der Waals surface area contributed by atoms with Crippen molar-refractivity contribution < 1.29 is 5.11 Å². The second-order valence-corrected chi connectivity index (χ2v) is 4.16. The monoisotopic (exact) mass is 191 g/mol. The Labute approximate surface area is 85.0 Å². The number of nitrogens with one attached hydrogen (secondary N) is 1. The molecule has 1 aliphatic rings. The van der Waals surface area contributed by atoms with Gasteiger partial charge in [0.15, 0.2) is 0 Å². The van der Waals surface area contributed by atoms with Crippen molar-refractivity contribution in [3.05, 3.63) is 35.9 Å². The van der Waals surface area contributed by atoms with Gasteiger partial charge >= 0.3 is 0 Å². The maximum atomic E-state index is 10.4. The highest BCUT2D eigenvalue weighted by atomic mass is 16.3. The molecule has 0 radical (unpaired) electrons. The lowest BCUT2D eigenvalue weighted by Gasteiger charge is -2.30. The molecule has 76 valence electrons. The Balaban J connectivity index is 2.22. The molecule has 0 bridgehead atoms. The Kier molecular flexibility index (Phi) is 2.57. The predicted octanol–water partition coefficient (Wildman–Crippen LogP) is 1.65. The van der Waals surface area contributed by atoms with E-state index in [2.05, 4.69) is 5.32 Å². The van der Waals surface area contributed by atoms with Crippen LogP contribution in [-0.4, -0.2) is 17.7 Å². The van der Waals surface area contributed by atoms with Crippen LogP contribution < -0.4 is 5.32 Å². The topological polar surface area (TPSA) is 32.3 Å². The highest BCUT2D eigenvalue weighted by Gasteiger charge is 2.34. The van der Waals surface area contributed by atoms with Crippen molar-refractivity contribution in [1.82, 2.24) is 5.32 Å². The van der Waals surface area contributed by atoms with Crippen LogP contribution in [0.1, 0.15) is 25.3 Å². The van der Waals surface area contributed by atoms with Crippen LogP contribution in [0.3, 0.4) is 0 Å². The van der Waals surface area contributed by atoms with E-state index in [1.165, 1.54) is 0 Å². The van der Waals surface area contributed by atoms with Crippen molar-refractivity contribution in [2.75, 3.05) is 6.54 Å². The maximum absolute atomic E-state index is 10.4. The molecule has 0 spiro atoms. The average molecular weight is 191 g/mol. The van der Waals surface area contributed by atoms with Crippen molar-refractivity contribution in [2.24, 2.45) is 0 Å². The van der Waals surface area contributed by atoms with Gasteiger partial charge in [0.05, 0.1) is 0 Å². The fourth-order valence-corrected chi connectivity index (χ4v) is 2.14. The summed E-state index contributed by atoms with van der Waals surface area (Å²) in [5.41, 5.74) is 0.261. The minimum atomic E-state index is -0.738. The van der Waals surface area contributed by atoms with Crippen LogP contribution in [0.15, 0.2) is 30.3 Å². The first-order valence-corrected chi connectivity index (χ1v) is 5.22. The summed E-state index contributed by atoms with van der Waals surface area (Å²) in [5.74, 6) is 0. The molecule has 1 aliphatic heterocycles. The zero-order chi connectivity index (χ0) is 10.0. The van der Waals surface area contributed by atoms with Crippen molar-refractivity contribution in [1.29, 1.82) is 0 Å². The normalized spacial score (nSPS) is 26.0. The van der Waals surface area contributed by atoms with Crippen LogP contribution in [0, 0.1) is 0 Å². The zero-order valence-electron chi connectivity index (χ0n) is 8.53. The molecule has 1 heterocycles. The summed E-state index contributed by atoms with van der Waals surface area (Å²) < 4.78 is 0. The van der Waals surface area contributed by atoms with E-state index >= 15 is 0 Å². The molecule has 2 rings (SSSR count). The van der Waals surface area contributed by atoms with Gasteiger partial charge in [0.25, 0.3) is 0 Å². The van der Waals surface area contributed by atoms with E-state index in [0.29, 0.717) is 0 Å². The third-order valence-corrected chi connectivity index (χ3v) is 3.10. The smallest absolute Gasteiger partial charge is 0.102 e. The fourth-order valence-electron chi connectivity index (χ4n) is 2.14. The summed E-state index contributed by atoms with van der Waals surface area (Å²) in [5, 5.41) is 13.8. The van der Waals surface area contributed by atoms with Gasteiger partial charge in [-0.2, -0.15) is 0 Å². The summed E-state index contributed by atoms with van der Waals surface area (Å²) in [4.78, 5) is 0. The molecule has 14 heavy (non-hydrogen) atoms. The molecule has 1 unspecified atom stereocenters. The van der Waals surface area contributed by atoms with Crippen LogP contribution in [0.2, 0.25) is 0 Å². The van der Waals surface area contributed by atoms with Crippen LogP contribution in [0.25, 0.3) is 0 Å². The number of benzene rings is 1. The summed E-state index contributed by atoms with van der Waals surface area (Å²) in [6.07, 6.45) is 2.22. The Morgan fingerprint density at radius 1 is 1.36 bits per heavy atom. The molecule has 2 heteroatoms. The molecule has 2 N–H and O–H groups in total. The number of rotatable bonds is 2. The summed E-state index contributed by atoms with van der Waals surface area (Å²) in [6, 6.07) is 10.1. The summed E-state index contributed by atoms with van der Waals surface area (Å²) in [6.45, 7) is 2.92. The molecule has 1 fully saturated rings. The van der Waals surface area contributed by atoms with Crippen molar-refractivity contribution in [2.45, 2.75) is 31.4 Å². The summed E-state index contributed by atoms with van der Waals surface area (Å²) >= 11 is 0. The molecular formula is C12H17NO.